The minimum Gasteiger partial charge on any atom is -0.487 e. The smallest absolute Gasteiger partial charge is 0.255 e. The third-order valence-corrected chi connectivity index (χ3v) is 11.8. The van der Waals surface area contributed by atoms with E-state index in [9.17, 15) is 14.4 Å². The molecule has 1 atom stereocenters. The summed E-state index contributed by atoms with van der Waals surface area (Å²) in [7, 11) is 0. The topological polar surface area (TPSA) is 154 Å². The van der Waals surface area contributed by atoms with Crippen molar-refractivity contribution >= 4 is 46.4 Å². The number of aryl methyl sites for hydroxylation is 3. The molecule has 1 fully saturated rings. The van der Waals surface area contributed by atoms with E-state index in [1.807, 2.05) is 58.9 Å². The van der Waals surface area contributed by atoms with Crippen molar-refractivity contribution in [1.82, 2.24) is 44.3 Å². The molecule has 2 aromatic carbocycles. The Morgan fingerprint density at radius 2 is 1.89 bits per heavy atom. The lowest BCUT2D eigenvalue weighted by Crippen LogP contribution is -2.52. The number of nitrogens with zero attached hydrogens (tertiary/aromatic N) is 9. The van der Waals surface area contributed by atoms with Gasteiger partial charge in [-0.1, -0.05) is 41.6 Å². The first kappa shape index (κ1) is 36.3. The van der Waals surface area contributed by atoms with E-state index in [1.54, 1.807) is 36.0 Å². The molecule has 286 valence electrons. The number of carbonyl (C=O) groups excluding carboxylic acids is 3. The van der Waals surface area contributed by atoms with Gasteiger partial charge >= 0.3 is 0 Å². The van der Waals surface area contributed by atoms with Crippen LogP contribution in [0.3, 0.4) is 0 Å². The highest BCUT2D eigenvalue weighted by Crippen LogP contribution is 2.37. The predicted octanol–water partition coefficient (Wildman–Crippen LogP) is 5.17. The fourth-order valence-electron chi connectivity index (χ4n) is 7.44. The van der Waals surface area contributed by atoms with Gasteiger partial charge in [0.25, 0.3) is 5.91 Å². The lowest BCUT2D eigenvalue weighted by molar-refractivity contribution is -0.136. The highest BCUT2D eigenvalue weighted by atomic mass is 35.5. The second-order valence-corrected chi connectivity index (χ2v) is 15.5. The molecule has 1 unspecified atom stereocenters. The Morgan fingerprint density at radius 3 is 2.74 bits per heavy atom. The highest BCUT2D eigenvalue weighted by Gasteiger charge is 2.40. The number of hydrogen-bond acceptors (Lipinski definition) is 10. The number of hydrogen-bond donors (Lipinski definition) is 1. The molecule has 0 spiro atoms. The number of fused-ring (bicyclic) bond motifs is 4. The third kappa shape index (κ3) is 7.02. The number of nitrogens with one attached hydrogen (secondary N) is 1. The second kappa shape index (κ2) is 14.9. The summed E-state index contributed by atoms with van der Waals surface area (Å²) in [6.45, 7) is 6.35. The zero-order valence-electron chi connectivity index (χ0n) is 31.0. The van der Waals surface area contributed by atoms with Crippen molar-refractivity contribution in [3.05, 3.63) is 128 Å². The number of rotatable bonds is 9. The summed E-state index contributed by atoms with van der Waals surface area (Å²) in [5, 5.41) is 17.3. The van der Waals surface area contributed by atoms with Crippen LogP contribution in [0.15, 0.2) is 72.4 Å². The molecular formula is C41H35ClN10O4S. The van der Waals surface area contributed by atoms with E-state index in [0.29, 0.717) is 35.8 Å². The van der Waals surface area contributed by atoms with Gasteiger partial charge in [-0.2, -0.15) is 5.10 Å². The van der Waals surface area contributed by atoms with E-state index < -0.39 is 11.9 Å². The number of piperidine rings is 1. The van der Waals surface area contributed by atoms with Gasteiger partial charge in [0.05, 0.1) is 40.9 Å². The predicted molar refractivity (Wildman–Crippen MR) is 211 cm³/mol. The maximum atomic E-state index is 13.2. The first-order valence-electron chi connectivity index (χ1n) is 18.5. The minimum absolute atomic E-state index is 0.204. The number of thiophene rings is 1. The lowest BCUT2D eigenvalue weighted by Gasteiger charge is -2.29. The summed E-state index contributed by atoms with van der Waals surface area (Å²) in [6, 6.07) is 12.4. The van der Waals surface area contributed by atoms with Crippen molar-refractivity contribution in [2.75, 3.05) is 0 Å². The van der Waals surface area contributed by atoms with Crippen LogP contribution in [0, 0.1) is 25.7 Å². The van der Waals surface area contributed by atoms with Crippen molar-refractivity contribution in [3.8, 4) is 22.6 Å². The van der Waals surface area contributed by atoms with E-state index in [4.69, 9.17) is 21.3 Å². The van der Waals surface area contributed by atoms with E-state index in [1.165, 1.54) is 4.90 Å². The fraction of sp³-hybridized carbons (Fsp3) is 0.268. The Bertz CT molecular complexity index is 2680. The summed E-state index contributed by atoms with van der Waals surface area (Å²) in [5.74, 6) is 7.89. The summed E-state index contributed by atoms with van der Waals surface area (Å²) in [4.78, 5) is 49.2. The quantitative estimate of drug-likeness (QED) is 0.155. The molecule has 9 rings (SSSR count). The molecule has 6 aromatic rings. The maximum Gasteiger partial charge on any atom is 0.255 e. The molecule has 3 aliphatic rings. The van der Waals surface area contributed by atoms with Crippen molar-refractivity contribution in [2.24, 2.45) is 4.99 Å². The second-order valence-electron chi connectivity index (χ2n) is 14.1. The molecule has 57 heavy (non-hydrogen) atoms. The molecule has 3 amide bonds. The van der Waals surface area contributed by atoms with Gasteiger partial charge in [0.15, 0.2) is 5.82 Å². The van der Waals surface area contributed by atoms with E-state index in [-0.39, 0.29) is 31.4 Å². The van der Waals surface area contributed by atoms with E-state index >= 15 is 0 Å². The van der Waals surface area contributed by atoms with Gasteiger partial charge in [0.1, 0.15) is 35.8 Å². The van der Waals surface area contributed by atoms with Crippen molar-refractivity contribution in [2.45, 2.75) is 71.9 Å². The zero-order valence-corrected chi connectivity index (χ0v) is 32.6. The SMILES string of the molecule is Cc1c(C#Cc2cnn(CCCn3cnc(COc4cccc5c4CN(C4CCC(=O)NC4=O)C5=O)c3)c2)sc2c1C(c1ccc(Cl)cc1)=NCc1nnc(C)n1-2. The van der Waals surface area contributed by atoms with E-state index in [2.05, 4.69) is 48.9 Å². The van der Waals surface area contributed by atoms with Gasteiger partial charge in [-0.25, -0.2) is 4.98 Å². The van der Waals surface area contributed by atoms with Gasteiger partial charge in [0.2, 0.25) is 11.8 Å². The number of imidazole rings is 1. The van der Waals surface area contributed by atoms with Crippen LogP contribution in [0.4, 0.5) is 0 Å². The van der Waals surface area contributed by atoms with Crippen molar-refractivity contribution in [1.29, 1.82) is 0 Å². The van der Waals surface area contributed by atoms with Crippen molar-refractivity contribution < 1.29 is 19.1 Å². The third-order valence-electron chi connectivity index (χ3n) is 10.3. The summed E-state index contributed by atoms with van der Waals surface area (Å²) in [5.41, 5.74) is 6.75. The number of amides is 3. The molecular weight excluding hydrogens is 764 g/mol. The molecule has 1 saturated heterocycles. The Balaban J connectivity index is 0.822. The Hall–Kier alpha value is -6.37. The van der Waals surface area contributed by atoms with Crippen LogP contribution in [0.2, 0.25) is 5.02 Å². The van der Waals surface area contributed by atoms with Crippen LogP contribution in [-0.4, -0.2) is 68.5 Å². The first-order chi connectivity index (χ1) is 27.7. The number of benzene rings is 2. The van der Waals surface area contributed by atoms with Gasteiger partial charge in [-0.15, -0.1) is 21.5 Å². The average molecular weight is 799 g/mol. The normalized spacial score (nSPS) is 16.0. The van der Waals surface area contributed by atoms with Crippen LogP contribution in [-0.2, 0) is 42.4 Å². The monoisotopic (exact) mass is 798 g/mol. The molecule has 7 heterocycles. The van der Waals surface area contributed by atoms with E-state index in [0.717, 1.165) is 73.7 Å². The molecule has 0 saturated carbocycles. The lowest BCUT2D eigenvalue weighted by atomic mass is 10.00. The number of halogens is 1. The van der Waals surface area contributed by atoms with Gasteiger partial charge in [-0.05, 0) is 56.5 Å². The van der Waals surface area contributed by atoms with Gasteiger partial charge < -0.3 is 14.2 Å². The number of carbonyl (C=O) groups is 3. The molecule has 14 nitrogen and oxygen atoms in total. The fourth-order valence-corrected chi connectivity index (χ4v) is 8.80. The molecule has 1 N–H and O–H groups in total. The van der Waals surface area contributed by atoms with Crippen LogP contribution in [0.5, 0.6) is 5.75 Å². The zero-order chi connectivity index (χ0) is 39.2. The molecule has 16 heteroatoms. The molecule has 4 aromatic heterocycles. The molecule has 0 aliphatic carbocycles. The van der Waals surface area contributed by atoms with Crippen LogP contribution in [0.1, 0.15) is 79.7 Å². The van der Waals surface area contributed by atoms with Crippen molar-refractivity contribution in [3.63, 3.8) is 0 Å². The van der Waals surface area contributed by atoms with Gasteiger partial charge in [0, 0.05) is 59.2 Å². The minimum atomic E-state index is -0.681. The molecule has 0 bridgehead atoms. The van der Waals surface area contributed by atoms with Crippen LogP contribution < -0.4 is 10.1 Å². The maximum absolute atomic E-state index is 13.2. The Labute approximate surface area is 336 Å². The first-order valence-corrected chi connectivity index (χ1v) is 19.7. The number of imide groups is 1. The van der Waals surface area contributed by atoms with Crippen LogP contribution >= 0.6 is 22.9 Å². The van der Waals surface area contributed by atoms with Gasteiger partial charge in [-0.3, -0.25) is 33.9 Å². The highest BCUT2D eigenvalue weighted by molar-refractivity contribution is 7.15. The molecule has 0 radical (unpaired) electrons. The number of aliphatic imine (C=N–C) groups is 1. The summed E-state index contributed by atoms with van der Waals surface area (Å²) in [6.07, 6.45) is 8.80. The summed E-state index contributed by atoms with van der Waals surface area (Å²) < 4.78 is 12.1. The standard InChI is InChI=1S/C41H35ClN10O4S/c1-24-34(57-41-37(24)38(27-8-10-28(42)11-9-27)43-18-35-48-47-25(2)52(35)41)13-7-26-17-45-50(19-26)16-4-15-49-20-29(44-23-49)22-56-33-6-3-5-30-31(33)21-51(40(30)55)32-12-14-36(53)46-39(32)54/h3,5-6,8-11,17,19-20,23,32H,4,12,14-16,18,21-22H2,1-2H3,(H,46,53,54). The Morgan fingerprint density at radius 1 is 1.04 bits per heavy atom. The largest absolute Gasteiger partial charge is 0.487 e. The van der Waals surface area contributed by atoms with Crippen LogP contribution in [0.25, 0.3) is 5.00 Å². The Kier molecular flexibility index (Phi) is 9.51. The summed E-state index contributed by atoms with van der Waals surface area (Å²) >= 11 is 7.82. The molecule has 3 aliphatic heterocycles. The average Bonchev–Trinajstić information content (AvgIpc) is 4.03. The number of ether oxygens (including phenoxy) is 1. The number of aromatic nitrogens is 7.